The van der Waals surface area contributed by atoms with Crippen LogP contribution in [0.1, 0.15) is 23.2 Å². The van der Waals surface area contributed by atoms with E-state index in [1.165, 1.54) is 13.5 Å². The molecule has 0 aromatic carbocycles. The van der Waals surface area contributed by atoms with Gasteiger partial charge in [0.15, 0.2) is 0 Å². The van der Waals surface area contributed by atoms with Gasteiger partial charge in [-0.2, -0.15) is 0 Å². The number of nitrogens with zero attached hydrogens (tertiary/aromatic N) is 2. The predicted octanol–water partition coefficient (Wildman–Crippen LogP) is 1.30. The van der Waals surface area contributed by atoms with Crippen molar-refractivity contribution in [3.63, 3.8) is 0 Å². The number of carbonyl (C=O) groups is 1. The van der Waals surface area contributed by atoms with Crippen molar-refractivity contribution in [3.8, 4) is 0 Å². The lowest BCUT2D eigenvalue weighted by molar-refractivity contribution is 0.0600. The molecule has 1 atom stereocenters. The van der Waals surface area contributed by atoms with E-state index in [0.29, 0.717) is 11.5 Å². The number of hydrogen-bond acceptors (Lipinski definition) is 5. The molecule has 19 heavy (non-hydrogen) atoms. The summed E-state index contributed by atoms with van der Waals surface area (Å²) in [7, 11) is 3.38. The highest BCUT2D eigenvalue weighted by Gasteiger charge is 2.21. The first-order valence-corrected chi connectivity index (χ1v) is 6.68. The fraction of sp³-hybridized carbons (Fsp3) is 0.571. The molecule has 1 unspecified atom stereocenters. The molecule has 0 radical (unpaired) electrons. The lowest BCUT2D eigenvalue weighted by atomic mass is 9.98. The van der Waals surface area contributed by atoms with E-state index in [1.54, 1.807) is 12.3 Å². The Kier molecular flexibility index (Phi) is 4.74. The van der Waals surface area contributed by atoms with Crippen LogP contribution in [0.4, 0.5) is 5.82 Å². The molecular weight excluding hydrogens is 242 g/mol. The number of ether oxygens (including phenoxy) is 1. The van der Waals surface area contributed by atoms with Gasteiger partial charge in [0.25, 0.3) is 0 Å². The van der Waals surface area contributed by atoms with Crippen LogP contribution in [0.2, 0.25) is 0 Å². The van der Waals surface area contributed by atoms with Crippen molar-refractivity contribution < 1.29 is 9.53 Å². The average molecular weight is 263 g/mol. The zero-order valence-corrected chi connectivity index (χ0v) is 11.6. The summed E-state index contributed by atoms with van der Waals surface area (Å²) in [6, 6.07) is 3.50. The second-order valence-corrected chi connectivity index (χ2v) is 4.91. The summed E-state index contributed by atoms with van der Waals surface area (Å²) in [6.45, 7) is 3.00. The van der Waals surface area contributed by atoms with E-state index in [9.17, 15) is 4.79 Å². The standard InChI is InChI=1S/C14H21N3O2/c1-15-9-11-4-3-7-17(10-11)13-8-12(5-6-16-13)14(18)19-2/h5-6,8,11,15H,3-4,7,9-10H2,1-2H3. The Hall–Kier alpha value is -1.62. The Bertz CT molecular complexity index is 434. The van der Waals surface area contributed by atoms with Gasteiger partial charge in [-0.3, -0.25) is 0 Å². The van der Waals surface area contributed by atoms with Crippen LogP contribution in [0.3, 0.4) is 0 Å². The van der Waals surface area contributed by atoms with E-state index in [1.807, 2.05) is 13.1 Å². The van der Waals surface area contributed by atoms with E-state index in [2.05, 4.69) is 15.2 Å². The van der Waals surface area contributed by atoms with Gasteiger partial charge in [-0.15, -0.1) is 0 Å². The monoisotopic (exact) mass is 263 g/mol. The van der Waals surface area contributed by atoms with E-state index in [-0.39, 0.29) is 5.97 Å². The van der Waals surface area contributed by atoms with E-state index in [4.69, 9.17) is 4.74 Å². The summed E-state index contributed by atoms with van der Waals surface area (Å²) in [4.78, 5) is 18.2. The van der Waals surface area contributed by atoms with Gasteiger partial charge in [-0.05, 0) is 44.5 Å². The molecule has 0 aliphatic carbocycles. The van der Waals surface area contributed by atoms with E-state index >= 15 is 0 Å². The molecule has 2 rings (SSSR count). The van der Waals surface area contributed by atoms with Gasteiger partial charge in [0.2, 0.25) is 0 Å². The summed E-state index contributed by atoms with van der Waals surface area (Å²) in [5.41, 5.74) is 0.559. The normalized spacial score (nSPS) is 19.3. The van der Waals surface area contributed by atoms with Crippen molar-refractivity contribution >= 4 is 11.8 Å². The van der Waals surface area contributed by atoms with Crippen molar-refractivity contribution in [1.82, 2.24) is 10.3 Å². The molecule has 0 saturated carbocycles. The first-order chi connectivity index (χ1) is 9.24. The van der Waals surface area contributed by atoms with Crippen molar-refractivity contribution in [1.29, 1.82) is 0 Å². The van der Waals surface area contributed by atoms with Gasteiger partial charge < -0.3 is 15.0 Å². The third kappa shape index (κ3) is 3.44. The van der Waals surface area contributed by atoms with Crippen LogP contribution < -0.4 is 10.2 Å². The number of esters is 1. The molecule has 104 valence electrons. The van der Waals surface area contributed by atoms with Crippen LogP contribution in [-0.2, 0) is 4.74 Å². The molecule has 1 aliphatic rings. The van der Waals surface area contributed by atoms with Crippen LogP contribution in [0.25, 0.3) is 0 Å². The summed E-state index contributed by atoms with van der Waals surface area (Å²) >= 11 is 0. The number of rotatable bonds is 4. The second kappa shape index (κ2) is 6.52. The predicted molar refractivity (Wildman–Crippen MR) is 74.4 cm³/mol. The zero-order valence-electron chi connectivity index (χ0n) is 11.6. The molecule has 1 saturated heterocycles. The highest BCUT2D eigenvalue weighted by atomic mass is 16.5. The first-order valence-electron chi connectivity index (χ1n) is 6.68. The maximum absolute atomic E-state index is 11.5. The van der Waals surface area contributed by atoms with Crippen LogP contribution in [0.5, 0.6) is 0 Å². The molecular formula is C14H21N3O2. The number of methoxy groups -OCH3 is 1. The highest BCUT2D eigenvalue weighted by Crippen LogP contribution is 2.22. The molecule has 0 amide bonds. The summed E-state index contributed by atoms with van der Waals surface area (Å²) in [5, 5.41) is 3.23. The van der Waals surface area contributed by atoms with Crippen LogP contribution >= 0.6 is 0 Å². The molecule has 1 aromatic heterocycles. The fourth-order valence-corrected chi connectivity index (χ4v) is 2.56. The van der Waals surface area contributed by atoms with Gasteiger partial charge >= 0.3 is 5.97 Å². The first kappa shape index (κ1) is 13.8. The minimum Gasteiger partial charge on any atom is -0.465 e. The van der Waals surface area contributed by atoms with Crippen molar-refractivity contribution in [3.05, 3.63) is 23.9 Å². The second-order valence-electron chi connectivity index (χ2n) is 4.91. The zero-order chi connectivity index (χ0) is 13.7. The topological polar surface area (TPSA) is 54.5 Å². The van der Waals surface area contributed by atoms with Gasteiger partial charge in [0.1, 0.15) is 5.82 Å². The Morgan fingerprint density at radius 1 is 1.63 bits per heavy atom. The molecule has 1 fully saturated rings. The highest BCUT2D eigenvalue weighted by molar-refractivity contribution is 5.90. The lowest BCUT2D eigenvalue weighted by Gasteiger charge is -2.33. The third-order valence-corrected chi connectivity index (χ3v) is 3.50. The Labute approximate surface area is 114 Å². The number of pyridine rings is 1. The fourth-order valence-electron chi connectivity index (χ4n) is 2.56. The average Bonchev–Trinajstić information content (AvgIpc) is 2.47. The molecule has 1 aliphatic heterocycles. The number of anilines is 1. The quantitative estimate of drug-likeness (QED) is 0.830. The number of piperidine rings is 1. The maximum atomic E-state index is 11.5. The Morgan fingerprint density at radius 2 is 2.47 bits per heavy atom. The van der Waals surface area contributed by atoms with Crippen molar-refractivity contribution in [2.24, 2.45) is 5.92 Å². The minimum absolute atomic E-state index is 0.313. The minimum atomic E-state index is -0.313. The van der Waals surface area contributed by atoms with Crippen LogP contribution in [-0.4, -0.2) is 44.7 Å². The Morgan fingerprint density at radius 3 is 3.21 bits per heavy atom. The summed E-state index contributed by atoms with van der Waals surface area (Å²) in [5.74, 6) is 1.19. The van der Waals surface area contributed by atoms with Crippen molar-refractivity contribution in [2.45, 2.75) is 12.8 Å². The molecule has 5 nitrogen and oxygen atoms in total. The molecule has 2 heterocycles. The Balaban J connectivity index is 2.10. The number of nitrogens with one attached hydrogen (secondary N) is 1. The van der Waals surface area contributed by atoms with Crippen molar-refractivity contribution in [2.75, 3.05) is 38.7 Å². The van der Waals surface area contributed by atoms with Gasteiger partial charge in [0, 0.05) is 19.3 Å². The third-order valence-electron chi connectivity index (χ3n) is 3.50. The molecule has 5 heteroatoms. The van der Waals surface area contributed by atoms with Gasteiger partial charge in [-0.25, -0.2) is 9.78 Å². The molecule has 0 spiro atoms. The van der Waals surface area contributed by atoms with Crippen LogP contribution in [0, 0.1) is 5.92 Å². The van der Waals surface area contributed by atoms with Gasteiger partial charge in [0.05, 0.1) is 12.7 Å². The SMILES string of the molecule is CNCC1CCCN(c2cc(C(=O)OC)ccn2)C1. The van der Waals surface area contributed by atoms with E-state index in [0.717, 1.165) is 31.9 Å². The number of aromatic nitrogens is 1. The largest absolute Gasteiger partial charge is 0.465 e. The summed E-state index contributed by atoms with van der Waals surface area (Å²) < 4.78 is 4.74. The molecule has 1 N–H and O–H groups in total. The molecule has 0 bridgehead atoms. The van der Waals surface area contributed by atoms with Crippen LogP contribution in [0.15, 0.2) is 18.3 Å². The summed E-state index contributed by atoms with van der Waals surface area (Å²) in [6.07, 6.45) is 4.08. The maximum Gasteiger partial charge on any atom is 0.338 e. The lowest BCUT2D eigenvalue weighted by Crippen LogP contribution is -2.39. The van der Waals surface area contributed by atoms with Gasteiger partial charge in [-0.1, -0.05) is 0 Å². The smallest absolute Gasteiger partial charge is 0.338 e. The molecule has 1 aromatic rings. The number of carbonyl (C=O) groups excluding carboxylic acids is 1. The van der Waals surface area contributed by atoms with E-state index < -0.39 is 0 Å². The number of hydrogen-bond donors (Lipinski definition) is 1.